The molecule has 6 nitrogen and oxygen atoms in total. The van der Waals surface area contributed by atoms with Crippen LogP contribution in [0.2, 0.25) is 0 Å². The third-order valence-corrected chi connectivity index (χ3v) is 7.11. The number of rotatable bonds is 8. The van der Waals surface area contributed by atoms with E-state index >= 15 is 0 Å². The summed E-state index contributed by atoms with van der Waals surface area (Å²) in [6.07, 6.45) is 13.8. The second-order valence-electron chi connectivity index (χ2n) is 9.28. The number of allylic oxidation sites excluding steroid dienone is 4. The van der Waals surface area contributed by atoms with Gasteiger partial charge in [-0.2, -0.15) is 0 Å². The van der Waals surface area contributed by atoms with E-state index in [9.17, 15) is 14.4 Å². The summed E-state index contributed by atoms with van der Waals surface area (Å²) in [4.78, 5) is 42.6. The van der Waals surface area contributed by atoms with Crippen molar-refractivity contribution in [2.75, 3.05) is 6.61 Å². The molecule has 1 aromatic carbocycles. The van der Waals surface area contributed by atoms with Gasteiger partial charge >= 0.3 is 5.97 Å². The molecule has 0 radical (unpaired) electrons. The number of aromatic nitrogens is 1. The van der Waals surface area contributed by atoms with E-state index in [1.54, 1.807) is 12.4 Å². The molecule has 6 heteroatoms. The summed E-state index contributed by atoms with van der Waals surface area (Å²) in [7, 11) is 0. The molecule has 0 saturated heterocycles. The van der Waals surface area contributed by atoms with Crippen molar-refractivity contribution in [1.82, 2.24) is 4.98 Å². The molecule has 1 aliphatic heterocycles. The minimum Gasteiger partial charge on any atom is -0.489 e. The fourth-order valence-corrected chi connectivity index (χ4v) is 5.16. The topological polar surface area (TPSA) is 82.6 Å². The average molecular weight is 482 g/mol. The van der Waals surface area contributed by atoms with E-state index < -0.39 is 17.3 Å². The highest BCUT2D eigenvalue weighted by Crippen LogP contribution is 2.48. The number of ether oxygens (including phenoxy) is 2. The van der Waals surface area contributed by atoms with Crippen LogP contribution in [-0.4, -0.2) is 29.1 Å². The highest BCUT2D eigenvalue weighted by molar-refractivity contribution is 5.98. The van der Waals surface area contributed by atoms with Crippen molar-refractivity contribution in [3.05, 3.63) is 113 Å². The molecule has 2 aromatic rings. The number of hydrogen-bond acceptors (Lipinski definition) is 6. The quantitative estimate of drug-likeness (QED) is 0.308. The third kappa shape index (κ3) is 4.71. The molecule has 2 atom stereocenters. The molecule has 2 aliphatic carbocycles. The highest BCUT2D eigenvalue weighted by atomic mass is 16.5. The van der Waals surface area contributed by atoms with Gasteiger partial charge in [0.2, 0.25) is 0 Å². The molecule has 0 spiro atoms. The van der Waals surface area contributed by atoms with Crippen LogP contribution in [0.15, 0.2) is 102 Å². The third-order valence-electron chi connectivity index (χ3n) is 7.11. The van der Waals surface area contributed by atoms with Crippen molar-refractivity contribution in [2.45, 2.75) is 37.5 Å². The zero-order valence-corrected chi connectivity index (χ0v) is 19.9. The van der Waals surface area contributed by atoms with Crippen molar-refractivity contribution in [3.8, 4) is 0 Å². The Bertz CT molecular complexity index is 1290. The summed E-state index contributed by atoms with van der Waals surface area (Å²) >= 11 is 0. The molecule has 0 bridgehead atoms. The maximum absolute atomic E-state index is 13.7. The van der Waals surface area contributed by atoms with Gasteiger partial charge in [-0.25, -0.2) is 0 Å². The van der Waals surface area contributed by atoms with Gasteiger partial charge in [0.25, 0.3) is 0 Å². The van der Waals surface area contributed by atoms with E-state index in [2.05, 4.69) is 4.98 Å². The van der Waals surface area contributed by atoms with Crippen LogP contribution in [0, 0.1) is 5.92 Å². The number of Topliss-reactive ketones (excluding diaryl/α,β-unsaturated/α-hetero) is 1. The Morgan fingerprint density at radius 2 is 2.00 bits per heavy atom. The zero-order chi connectivity index (χ0) is 25.0. The predicted molar refractivity (Wildman–Crippen MR) is 133 cm³/mol. The Hall–Kier alpha value is -4.06. The highest BCUT2D eigenvalue weighted by Gasteiger charge is 2.49. The van der Waals surface area contributed by atoms with Gasteiger partial charge in [-0.3, -0.25) is 19.4 Å². The van der Waals surface area contributed by atoms with Crippen LogP contribution in [-0.2, 0) is 35.7 Å². The molecule has 1 unspecified atom stereocenters. The molecule has 2 heterocycles. The van der Waals surface area contributed by atoms with Crippen LogP contribution in [0.3, 0.4) is 0 Å². The molecular weight excluding hydrogens is 454 g/mol. The lowest BCUT2D eigenvalue weighted by molar-refractivity contribution is -0.147. The number of benzene rings is 1. The summed E-state index contributed by atoms with van der Waals surface area (Å²) in [6.45, 7) is 0.546. The van der Waals surface area contributed by atoms with Crippen LogP contribution in [0.1, 0.15) is 36.8 Å². The van der Waals surface area contributed by atoms with Gasteiger partial charge in [-0.1, -0.05) is 36.4 Å². The molecule has 182 valence electrons. The first kappa shape index (κ1) is 23.7. The lowest BCUT2D eigenvalue weighted by Crippen LogP contribution is -2.44. The Kier molecular flexibility index (Phi) is 6.76. The van der Waals surface area contributed by atoms with E-state index in [1.807, 2.05) is 60.7 Å². The van der Waals surface area contributed by atoms with Crippen LogP contribution in [0.25, 0.3) is 0 Å². The molecule has 1 fully saturated rings. The lowest BCUT2D eigenvalue weighted by atomic mass is 9.62. The van der Waals surface area contributed by atoms with Crippen molar-refractivity contribution in [1.29, 1.82) is 0 Å². The van der Waals surface area contributed by atoms with Crippen LogP contribution >= 0.6 is 0 Å². The summed E-state index contributed by atoms with van der Waals surface area (Å²) in [5.41, 5.74) is 2.99. The Balaban J connectivity index is 1.23. The van der Waals surface area contributed by atoms with Crippen molar-refractivity contribution >= 4 is 17.5 Å². The van der Waals surface area contributed by atoms with Crippen LogP contribution in [0.5, 0.6) is 0 Å². The van der Waals surface area contributed by atoms with E-state index in [0.29, 0.717) is 32.3 Å². The van der Waals surface area contributed by atoms with Gasteiger partial charge in [-0.15, -0.1) is 0 Å². The minimum absolute atomic E-state index is 0.0119. The summed E-state index contributed by atoms with van der Waals surface area (Å²) in [5, 5.41) is 0. The number of aryl methyl sites for hydroxylation is 1. The Morgan fingerprint density at radius 3 is 2.75 bits per heavy atom. The smallest absolute Gasteiger partial charge is 0.314 e. The van der Waals surface area contributed by atoms with E-state index in [0.717, 1.165) is 34.3 Å². The van der Waals surface area contributed by atoms with Gasteiger partial charge in [0.15, 0.2) is 5.78 Å². The number of esters is 1. The molecule has 1 saturated carbocycles. The fourth-order valence-electron chi connectivity index (χ4n) is 5.16. The first-order chi connectivity index (χ1) is 17.6. The second kappa shape index (κ2) is 10.3. The maximum atomic E-state index is 13.7. The molecule has 0 N–H and O–H groups in total. The number of hydrogen-bond donors (Lipinski definition) is 0. The SMILES string of the molecule is O=C(/C=C/OC(=O)[C@@H]1CCC(C2=CC3=CCOC3=C2)(c2ccccc2)C(=O)C1)CCc1cccnc1. The number of ketones is 2. The lowest BCUT2D eigenvalue weighted by Gasteiger charge is -2.39. The molecule has 1 aromatic heterocycles. The van der Waals surface area contributed by atoms with Crippen LogP contribution < -0.4 is 0 Å². The first-order valence-corrected chi connectivity index (χ1v) is 12.2. The van der Waals surface area contributed by atoms with Gasteiger partial charge in [-0.05, 0) is 60.3 Å². The molecule has 5 rings (SSSR count). The molecular formula is C30H27NO5. The van der Waals surface area contributed by atoms with Crippen molar-refractivity contribution in [3.63, 3.8) is 0 Å². The largest absolute Gasteiger partial charge is 0.489 e. The van der Waals surface area contributed by atoms with Gasteiger partial charge in [0.05, 0.1) is 17.6 Å². The summed E-state index contributed by atoms with van der Waals surface area (Å²) in [5.74, 6) is -0.384. The number of fused-ring (bicyclic) bond motifs is 1. The average Bonchev–Trinajstić information content (AvgIpc) is 3.52. The second-order valence-corrected chi connectivity index (χ2v) is 9.28. The number of carbonyl (C=O) groups is 3. The maximum Gasteiger partial charge on any atom is 0.314 e. The van der Waals surface area contributed by atoms with E-state index in [1.165, 1.54) is 6.08 Å². The fraction of sp³-hybridized carbons (Fsp3) is 0.267. The Labute approximate surface area is 210 Å². The predicted octanol–water partition coefficient (Wildman–Crippen LogP) is 4.73. The van der Waals surface area contributed by atoms with Crippen molar-refractivity contribution < 1.29 is 23.9 Å². The summed E-state index contributed by atoms with van der Waals surface area (Å²) < 4.78 is 10.9. The normalized spacial score (nSPS) is 22.9. The first-order valence-electron chi connectivity index (χ1n) is 12.2. The number of nitrogens with zero attached hydrogens (tertiary/aromatic N) is 1. The van der Waals surface area contributed by atoms with Crippen molar-refractivity contribution in [2.24, 2.45) is 5.92 Å². The number of pyridine rings is 1. The van der Waals surface area contributed by atoms with E-state index in [4.69, 9.17) is 9.47 Å². The standard InChI is InChI=1S/C30H27NO5/c32-26(9-8-21-5-4-14-31-20-21)12-16-36-29(34)23-10-13-30(28(33)18-23,24-6-2-1-3-7-24)25-17-22-11-15-35-27(22)19-25/h1-7,11-12,14,16-17,19-20,23H,8-10,13,15,18H2/b16-12+/t23-,30?/m1/s1. The summed E-state index contributed by atoms with van der Waals surface area (Å²) in [6, 6.07) is 13.5. The number of carbonyl (C=O) groups excluding carboxylic acids is 3. The van der Waals surface area contributed by atoms with Gasteiger partial charge < -0.3 is 9.47 Å². The van der Waals surface area contributed by atoms with Gasteiger partial charge in [0.1, 0.15) is 18.1 Å². The van der Waals surface area contributed by atoms with Gasteiger partial charge in [0, 0.05) is 36.9 Å². The molecule has 3 aliphatic rings. The zero-order valence-electron chi connectivity index (χ0n) is 19.9. The molecule has 0 amide bonds. The molecule has 36 heavy (non-hydrogen) atoms. The minimum atomic E-state index is -0.822. The Morgan fingerprint density at radius 1 is 1.14 bits per heavy atom. The van der Waals surface area contributed by atoms with E-state index in [-0.39, 0.29) is 18.0 Å². The van der Waals surface area contributed by atoms with Crippen LogP contribution in [0.4, 0.5) is 0 Å². The monoisotopic (exact) mass is 481 g/mol.